The molecule has 1 unspecified atom stereocenters. The number of hydrogen-bond donors (Lipinski definition) is 1. The van der Waals surface area contributed by atoms with Crippen molar-refractivity contribution in [1.82, 2.24) is 0 Å². The molecule has 4 heteroatoms. The number of aryl methyl sites for hydroxylation is 1. The lowest BCUT2D eigenvalue weighted by Gasteiger charge is -2.12. The van der Waals surface area contributed by atoms with Crippen molar-refractivity contribution in [1.29, 1.82) is 0 Å². The monoisotopic (exact) mass is 229 g/mol. The number of carbonyl (C=O) groups is 1. The van der Waals surface area contributed by atoms with Crippen molar-refractivity contribution in [3.8, 4) is 0 Å². The summed E-state index contributed by atoms with van der Waals surface area (Å²) in [7, 11) is 0. The summed E-state index contributed by atoms with van der Waals surface area (Å²) in [5.41, 5.74) is 7.05. The van der Waals surface area contributed by atoms with Gasteiger partial charge >= 0.3 is 0 Å². The van der Waals surface area contributed by atoms with E-state index in [0.29, 0.717) is 11.1 Å². The lowest BCUT2D eigenvalue weighted by Crippen LogP contribution is -2.28. The van der Waals surface area contributed by atoms with E-state index in [1.165, 1.54) is 6.07 Å². The molecule has 0 aliphatic rings. The third kappa shape index (κ3) is 2.19. The van der Waals surface area contributed by atoms with Gasteiger partial charge in [-0.3, -0.25) is 4.79 Å². The van der Waals surface area contributed by atoms with Gasteiger partial charge in [-0.25, -0.2) is 4.39 Å². The molecular weight excluding hydrogens is 217 g/mol. The standard InChI is InChI=1S/C11H13ClFNO/c1-5-4-8(13)10(12)9(6(5)2)11(15)7(3)14/h4,7H,14H2,1-3H3. The molecule has 0 aromatic heterocycles. The average Bonchev–Trinajstić information content (AvgIpc) is 2.15. The topological polar surface area (TPSA) is 43.1 Å². The first-order valence-corrected chi connectivity index (χ1v) is 4.99. The van der Waals surface area contributed by atoms with E-state index in [0.717, 1.165) is 0 Å². The van der Waals surface area contributed by atoms with Gasteiger partial charge in [-0.1, -0.05) is 11.6 Å². The minimum atomic E-state index is -0.678. The van der Waals surface area contributed by atoms with Crippen LogP contribution in [-0.4, -0.2) is 11.8 Å². The molecule has 82 valence electrons. The highest BCUT2D eigenvalue weighted by molar-refractivity contribution is 6.34. The van der Waals surface area contributed by atoms with E-state index in [1.807, 2.05) is 0 Å². The molecule has 1 rings (SSSR count). The second-order valence-corrected chi connectivity index (χ2v) is 4.02. The molecule has 0 fully saturated rings. The predicted octanol–water partition coefficient (Wildman–Crippen LogP) is 2.63. The van der Waals surface area contributed by atoms with Crippen molar-refractivity contribution >= 4 is 17.4 Å². The Hall–Kier alpha value is -0.930. The molecule has 0 heterocycles. The van der Waals surface area contributed by atoms with Crippen LogP contribution in [0, 0.1) is 19.7 Å². The Morgan fingerprint density at radius 2 is 2.07 bits per heavy atom. The van der Waals surface area contributed by atoms with Gasteiger partial charge in [-0.2, -0.15) is 0 Å². The molecule has 1 aromatic rings. The van der Waals surface area contributed by atoms with Gasteiger partial charge in [0.25, 0.3) is 0 Å². The van der Waals surface area contributed by atoms with Crippen LogP contribution < -0.4 is 5.73 Å². The summed E-state index contributed by atoms with van der Waals surface area (Å²) in [6.45, 7) is 5.02. The zero-order valence-corrected chi connectivity index (χ0v) is 9.65. The van der Waals surface area contributed by atoms with Crippen molar-refractivity contribution in [3.05, 3.63) is 33.6 Å². The average molecular weight is 230 g/mol. The largest absolute Gasteiger partial charge is 0.321 e. The number of halogens is 2. The molecular formula is C11H13ClFNO. The van der Waals surface area contributed by atoms with Crippen LogP contribution in [-0.2, 0) is 0 Å². The van der Waals surface area contributed by atoms with Gasteiger partial charge in [-0.15, -0.1) is 0 Å². The van der Waals surface area contributed by atoms with E-state index in [4.69, 9.17) is 17.3 Å². The first kappa shape index (κ1) is 12.1. The molecule has 0 spiro atoms. The Morgan fingerprint density at radius 1 is 1.53 bits per heavy atom. The Balaban J connectivity index is 3.46. The molecule has 15 heavy (non-hydrogen) atoms. The summed E-state index contributed by atoms with van der Waals surface area (Å²) in [4.78, 5) is 11.7. The van der Waals surface area contributed by atoms with Crippen LogP contribution >= 0.6 is 11.6 Å². The molecule has 0 bridgehead atoms. The number of benzene rings is 1. The smallest absolute Gasteiger partial charge is 0.181 e. The van der Waals surface area contributed by atoms with Crippen LogP contribution in [0.3, 0.4) is 0 Å². The van der Waals surface area contributed by atoms with Crippen LogP contribution in [0.2, 0.25) is 5.02 Å². The van der Waals surface area contributed by atoms with Crippen LogP contribution in [0.5, 0.6) is 0 Å². The molecule has 0 amide bonds. The summed E-state index contributed by atoms with van der Waals surface area (Å²) in [6, 6.07) is 0.637. The second-order valence-electron chi connectivity index (χ2n) is 3.64. The van der Waals surface area contributed by atoms with Crippen LogP contribution in [0.25, 0.3) is 0 Å². The molecule has 1 aromatic carbocycles. The van der Waals surface area contributed by atoms with Crippen molar-refractivity contribution in [2.45, 2.75) is 26.8 Å². The van der Waals surface area contributed by atoms with Crippen molar-refractivity contribution < 1.29 is 9.18 Å². The minimum absolute atomic E-state index is 0.139. The third-order valence-corrected chi connectivity index (χ3v) is 2.77. The third-order valence-electron chi connectivity index (χ3n) is 2.40. The van der Waals surface area contributed by atoms with Gasteiger partial charge in [-0.05, 0) is 38.0 Å². The fraction of sp³-hybridized carbons (Fsp3) is 0.364. The number of nitrogens with two attached hydrogens (primary N) is 1. The number of carbonyl (C=O) groups excluding carboxylic acids is 1. The van der Waals surface area contributed by atoms with Gasteiger partial charge in [0.2, 0.25) is 0 Å². The second kappa shape index (κ2) is 4.29. The maximum atomic E-state index is 13.3. The zero-order valence-electron chi connectivity index (χ0n) is 8.90. The van der Waals surface area contributed by atoms with Crippen LogP contribution in [0.4, 0.5) is 4.39 Å². The highest BCUT2D eigenvalue weighted by Crippen LogP contribution is 2.27. The molecule has 0 aliphatic carbocycles. The quantitative estimate of drug-likeness (QED) is 0.793. The number of Topliss-reactive ketones (excluding diaryl/α,β-unsaturated/α-hetero) is 1. The number of hydrogen-bond acceptors (Lipinski definition) is 2. The number of rotatable bonds is 2. The summed E-state index contributed by atoms with van der Waals surface area (Å²) in [6.07, 6.45) is 0. The molecule has 0 radical (unpaired) electrons. The Bertz CT molecular complexity index is 389. The van der Waals surface area contributed by atoms with Gasteiger partial charge < -0.3 is 5.73 Å². The van der Waals surface area contributed by atoms with E-state index < -0.39 is 11.9 Å². The SMILES string of the molecule is Cc1cc(F)c(Cl)c(C(=O)C(C)N)c1C. The highest BCUT2D eigenvalue weighted by atomic mass is 35.5. The molecule has 0 saturated carbocycles. The van der Waals surface area contributed by atoms with Gasteiger partial charge in [0, 0.05) is 5.56 Å². The van der Waals surface area contributed by atoms with Crippen LogP contribution in [0.1, 0.15) is 28.4 Å². The molecule has 2 nitrogen and oxygen atoms in total. The fourth-order valence-corrected chi connectivity index (χ4v) is 1.65. The van der Waals surface area contributed by atoms with Gasteiger partial charge in [0.15, 0.2) is 5.78 Å². The van der Waals surface area contributed by atoms with E-state index in [-0.39, 0.29) is 16.4 Å². The molecule has 2 N–H and O–H groups in total. The maximum Gasteiger partial charge on any atom is 0.181 e. The van der Waals surface area contributed by atoms with E-state index >= 15 is 0 Å². The first-order valence-electron chi connectivity index (χ1n) is 4.61. The Kier molecular flexibility index (Phi) is 3.47. The molecule has 0 aliphatic heterocycles. The normalized spacial score (nSPS) is 12.7. The minimum Gasteiger partial charge on any atom is -0.321 e. The summed E-state index contributed by atoms with van der Waals surface area (Å²) in [5, 5.41) is -0.139. The predicted molar refractivity (Wildman–Crippen MR) is 58.9 cm³/mol. The summed E-state index contributed by atoms with van der Waals surface area (Å²) >= 11 is 5.76. The molecule has 0 saturated heterocycles. The van der Waals surface area contributed by atoms with Crippen molar-refractivity contribution in [2.75, 3.05) is 0 Å². The van der Waals surface area contributed by atoms with Crippen LogP contribution in [0.15, 0.2) is 6.07 Å². The lowest BCUT2D eigenvalue weighted by atomic mass is 9.97. The van der Waals surface area contributed by atoms with E-state index in [1.54, 1.807) is 20.8 Å². The fourth-order valence-electron chi connectivity index (χ4n) is 1.36. The number of ketones is 1. The van der Waals surface area contributed by atoms with Gasteiger partial charge in [0.05, 0.1) is 11.1 Å². The van der Waals surface area contributed by atoms with Crippen molar-refractivity contribution in [3.63, 3.8) is 0 Å². The van der Waals surface area contributed by atoms with E-state index in [2.05, 4.69) is 0 Å². The Morgan fingerprint density at radius 3 is 2.53 bits per heavy atom. The zero-order chi connectivity index (χ0) is 11.7. The maximum absolute atomic E-state index is 13.3. The van der Waals surface area contributed by atoms with E-state index in [9.17, 15) is 9.18 Å². The summed E-state index contributed by atoms with van der Waals surface area (Å²) in [5.74, 6) is -0.913. The molecule has 1 atom stereocenters. The summed E-state index contributed by atoms with van der Waals surface area (Å²) < 4.78 is 13.3. The lowest BCUT2D eigenvalue weighted by molar-refractivity contribution is 0.0967. The van der Waals surface area contributed by atoms with Gasteiger partial charge in [0.1, 0.15) is 5.82 Å². The highest BCUT2D eigenvalue weighted by Gasteiger charge is 2.20. The van der Waals surface area contributed by atoms with Crippen molar-refractivity contribution in [2.24, 2.45) is 5.73 Å². The Labute approximate surface area is 93.2 Å². The first-order chi connectivity index (χ1) is 6.86.